The first-order valence-electron chi connectivity index (χ1n) is 6.07. The summed E-state index contributed by atoms with van der Waals surface area (Å²) in [6, 6.07) is 0. The first-order valence-corrected chi connectivity index (χ1v) is 7.74. The van der Waals surface area contributed by atoms with Gasteiger partial charge in [-0.15, -0.1) is 11.3 Å². The summed E-state index contributed by atoms with van der Waals surface area (Å²) >= 11 is 4.91. The fourth-order valence-electron chi connectivity index (χ4n) is 2.38. The fourth-order valence-corrected chi connectivity index (χ4v) is 3.92. The Bertz CT molecular complexity index is 643. The quantitative estimate of drug-likeness (QED) is 0.808. The van der Waals surface area contributed by atoms with Crippen molar-refractivity contribution in [3.63, 3.8) is 0 Å². The lowest BCUT2D eigenvalue weighted by atomic mass is 10.1. The number of anilines is 1. The summed E-state index contributed by atoms with van der Waals surface area (Å²) in [5, 5.41) is 1.93. The van der Waals surface area contributed by atoms with Crippen molar-refractivity contribution in [2.24, 2.45) is 7.05 Å². The summed E-state index contributed by atoms with van der Waals surface area (Å²) in [7, 11) is 1.81. The van der Waals surface area contributed by atoms with Crippen molar-refractivity contribution in [2.75, 3.05) is 18.0 Å². The van der Waals surface area contributed by atoms with Crippen molar-refractivity contribution in [1.82, 2.24) is 9.55 Å². The number of halogens is 1. The molecular formula is C12H14BrN3OS. The summed E-state index contributed by atoms with van der Waals surface area (Å²) in [6.07, 6.45) is 3.63. The molecule has 2 aromatic rings. The Balaban J connectivity index is 2.19. The standard InChI is InChI=1S/C12H14BrN3OS/c1-15-11(17)10-9(8(13)7-18-10)14-12(15)16-5-3-2-4-6-16/h7H,2-6H2,1H3. The van der Waals surface area contributed by atoms with Crippen molar-refractivity contribution in [2.45, 2.75) is 19.3 Å². The molecule has 0 bridgehead atoms. The number of aromatic nitrogens is 2. The van der Waals surface area contributed by atoms with Crippen molar-refractivity contribution in [3.8, 4) is 0 Å². The topological polar surface area (TPSA) is 38.1 Å². The molecule has 96 valence electrons. The van der Waals surface area contributed by atoms with Crippen LogP contribution in [0.25, 0.3) is 10.2 Å². The van der Waals surface area contributed by atoms with Crippen LogP contribution in [0, 0.1) is 0 Å². The van der Waals surface area contributed by atoms with Crippen LogP contribution in [-0.2, 0) is 7.05 Å². The molecule has 1 saturated heterocycles. The summed E-state index contributed by atoms with van der Waals surface area (Å²) in [5.74, 6) is 0.798. The molecule has 1 aliphatic rings. The van der Waals surface area contributed by atoms with Crippen molar-refractivity contribution in [1.29, 1.82) is 0 Å². The van der Waals surface area contributed by atoms with E-state index in [0.29, 0.717) is 0 Å². The largest absolute Gasteiger partial charge is 0.342 e. The molecule has 2 aromatic heterocycles. The Kier molecular flexibility index (Phi) is 3.15. The predicted molar refractivity (Wildman–Crippen MR) is 78.6 cm³/mol. The molecule has 1 aliphatic heterocycles. The maximum absolute atomic E-state index is 12.3. The lowest BCUT2D eigenvalue weighted by molar-refractivity contribution is 0.558. The average molecular weight is 328 g/mol. The highest BCUT2D eigenvalue weighted by Gasteiger charge is 2.18. The number of rotatable bonds is 1. The Morgan fingerprint density at radius 1 is 1.33 bits per heavy atom. The number of fused-ring (bicyclic) bond motifs is 1. The third-order valence-corrected chi connectivity index (χ3v) is 5.24. The third kappa shape index (κ3) is 1.87. The van der Waals surface area contributed by atoms with Gasteiger partial charge >= 0.3 is 0 Å². The molecule has 3 rings (SSSR count). The molecule has 0 atom stereocenters. The second-order valence-electron chi connectivity index (χ2n) is 4.59. The molecular weight excluding hydrogens is 314 g/mol. The molecule has 6 heteroatoms. The highest BCUT2D eigenvalue weighted by atomic mass is 79.9. The van der Waals surface area contributed by atoms with E-state index in [9.17, 15) is 4.79 Å². The molecule has 0 saturated carbocycles. The lowest BCUT2D eigenvalue weighted by Crippen LogP contribution is -2.35. The van der Waals surface area contributed by atoms with Crippen molar-refractivity contribution >= 4 is 43.4 Å². The van der Waals surface area contributed by atoms with Gasteiger partial charge in [-0.2, -0.15) is 0 Å². The second-order valence-corrected chi connectivity index (χ2v) is 6.32. The first kappa shape index (κ1) is 12.2. The van der Waals surface area contributed by atoms with Gasteiger partial charge in [0.25, 0.3) is 5.56 Å². The van der Waals surface area contributed by atoms with E-state index in [-0.39, 0.29) is 5.56 Å². The SMILES string of the molecule is Cn1c(N2CCCCC2)nc2c(Br)csc2c1=O. The van der Waals surface area contributed by atoms with Gasteiger partial charge in [0, 0.05) is 25.5 Å². The Morgan fingerprint density at radius 2 is 2.06 bits per heavy atom. The molecule has 0 amide bonds. The highest BCUT2D eigenvalue weighted by molar-refractivity contribution is 9.10. The van der Waals surface area contributed by atoms with E-state index in [1.165, 1.54) is 30.6 Å². The molecule has 0 N–H and O–H groups in total. The number of nitrogens with zero attached hydrogens (tertiary/aromatic N) is 3. The van der Waals surface area contributed by atoms with Gasteiger partial charge in [0.1, 0.15) is 10.2 Å². The van der Waals surface area contributed by atoms with Crippen LogP contribution in [0.2, 0.25) is 0 Å². The van der Waals surface area contributed by atoms with Crippen LogP contribution >= 0.6 is 27.3 Å². The van der Waals surface area contributed by atoms with E-state index in [1.54, 1.807) is 4.57 Å². The maximum atomic E-state index is 12.3. The van der Waals surface area contributed by atoms with E-state index in [2.05, 4.69) is 25.8 Å². The first-order chi connectivity index (χ1) is 8.68. The number of hydrogen-bond donors (Lipinski definition) is 0. The number of thiophene rings is 1. The molecule has 1 fully saturated rings. The van der Waals surface area contributed by atoms with Gasteiger partial charge in [-0.05, 0) is 35.2 Å². The van der Waals surface area contributed by atoms with Gasteiger partial charge in [0.05, 0.1) is 4.47 Å². The van der Waals surface area contributed by atoms with E-state index in [1.807, 2.05) is 12.4 Å². The van der Waals surface area contributed by atoms with Crippen LogP contribution < -0.4 is 10.5 Å². The molecule has 4 nitrogen and oxygen atoms in total. The minimum atomic E-state index is 0.0521. The van der Waals surface area contributed by atoms with Crippen LogP contribution in [0.15, 0.2) is 14.6 Å². The fraction of sp³-hybridized carbons (Fsp3) is 0.500. The number of hydrogen-bond acceptors (Lipinski definition) is 4. The van der Waals surface area contributed by atoms with Crippen molar-refractivity contribution < 1.29 is 0 Å². The number of piperidine rings is 1. The summed E-state index contributed by atoms with van der Waals surface area (Å²) in [5.41, 5.74) is 0.847. The van der Waals surface area contributed by atoms with Crippen LogP contribution in [0.4, 0.5) is 5.95 Å². The zero-order chi connectivity index (χ0) is 12.7. The zero-order valence-corrected chi connectivity index (χ0v) is 12.6. The van der Waals surface area contributed by atoms with Gasteiger partial charge in [0.15, 0.2) is 0 Å². The van der Waals surface area contributed by atoms with Gasteiger partial charge in [-0.3, -0.25) is 9.36 Å². The molecule has 3 heterocycles. The Labute approximate surface area is 117 Å². The lowest BCUT2D eigenvalue weighted by Gasteiger charge is -2.28. The Morgan fingerprint density at radius 3 is 2.78 bits per heavy atom. The van der Waals surface area contributed by atoms with Crippen LogP contribution in [0.5, 0.6) is 0 Å². The summed E-state index contributed by atoms with van der Waals surface area (Å²) in [6.45, 7) is 1.99. The minimum Gasteiger partial charge on any atom is -0.342 e. The van der Waals surface area contributed by atoms with Gasteiger partial charge < -0.3 is 4.90 Å². The van der Waals surface area contributed by atoms with E-state index in [0.717, 1.165) is 33.7 Å². The van der Waals surface area contributed by atoms with E-state index >= 15 is 0 Å². The van der Waals surface area contributed by atoms with Gasteiger partial charge in [-0.25, -0.2) is 4.98 Å². The molecule has 0 aromatic carbocycles. The molecule has 0 radical (unpaired) electrons. The smallest absolute Gasteiger partial charge is 0.272 e. The van der Waals surface area contributed by atoms with E-state index < -0.39 is 0 Å². The zero-order valence-electron chi connectivity index (χ0n) is 10.1. The third-order valence-electron chi connectivity index (χ3n) is 3.37. The van der Waals surface area contributed by atoms with Crippen molar-refractivity contribution in [3.05, 3.63) is 20.2 Å². The normalized spacial score (nSPS) is 16.4. The molecule has 0 spiro atoms. The van der Waals surface area contributed by atoms with Crippen LogP contribution in [0.3, 0.4) is 0 Å². The van der Waals surface area contributed by atoms with Crippen LogP contribution in [-0.4, -0.2) is 22.6 Å². The average Bonchev–Trinajstić information content (AvgIpc) is 2.77. The molecule has 0 unspecified atom stereocenters. The maximum Gasteiger partial charge on any atom is 0.272 e. The summed E-state index contributed by atoms with van der Waals surface area (Å²) < 4.78 is 3.32. The summed E-state index contributed by atoms with van der Waals surface area (Å²) in [4.78, 5) is 19.2. The molecule has 0 aliphatic carbocycles. The monoisotopic (exact) mass is 327 g/mol. The Hall–Kier alpha value is -0.880. The van der Waals surface area contributed by atoms with Gasteiger partial charge in [0.2, 0.25) is 5.95 Å². The predicted octanol–water partition coefficient (Wildman–Crippen LogP) is 2.75. The van der Waals surface area contributed by atoms with E-state index in [4.69, 9.17) is 0 Å². The van der Waals surface area contributed by atoms with Gasteiger partial charge in [-0.1, -0.05) is 0 Å². The molecule has 18 heavy (non-hydrogen) atoms. The van der Waals surface area contributed by atoms with Crippen LogP contribution in [0.1, 0.15) is 19.3 Å². The minimum absolute atomic E-state index is 0.0521. The highest BCUT2D eigenvalue weighted by Crippen LogP contribution is 2.28. The second kappa shape index (κ2) is 4.66.